The van der Waals surface area contributed by atoms with Gasteiger partial charge in [0.15, 0.2) is 0 Å². The molecule has 0 unspecified atom stereocenters. The maximum absolute atomic E-state index is 10.8. The molecule has 1 aromatic carbocycles. The summed E-state index contributed by atoms with van der Waals surface area (Å²) in [4.78, 5) is 15.4. The van der Waals surface area contributed by atoms with E-state index in [2.05, 4.69) is 16.7 Å². The number of nitro groups is 1. The van der Waals surface area contributed by atoms with Crippen LogP contribution in [0.25, 0.3) is 0 Å². The lowest BCUT2D eigenvalue weighted by Gasteiger charge is -2.33. The zero-order valence-electron chi connectivity index (χ0n) is 14.2. The van der Waals surface area contributed by atoms with Crippen LogP contribution >= 0.6 is 0 Å². The van der Waals surface area contributed by atoms with E-state index in [0.29, 0.717) is 17.9 Å². The van der Waals surface area contributed by atoms with E-state index in [-0.39, 0.29) is 10.6 Å². The average Bonchev–Trinajstić information content (AvgIpc) is 2.55. The molecule has 0 aliphatic carbocycles. The number of piperazine rings is 1. The Labute approximate surface area is 138 Å². The van der Waals surface area contributed by atoms with Crippen LogP contribution in [0.5, 0.6) is 5.75 Å². The van der Waals surface area contributed by atoms with Gasteiger partial charge in [0.1, 0.15) is 5.75 Å². The van der Waals surface area contributed by atoms with Crippen LogP contribution in [-0.4, -0.2) is 60.6 Å². The lowest BCUT2D eigenvalue weighted by molar-refractivity contribution is -0.385. The van der Waals surface area contributed by atoms with Crippen molar-refractivity contribution in [1.29, 1.82) is 0 Å². The molecule has 0 spiro atoms. The highest BCUT2D eigenvalue weighted by Gasteiger charge is 2.14. The van der Waals surface area contributed by atoms with Crippen LogP contribution in [-0.2, 0) is 0 Å². The van der Waals surface area contributed by atoms with Crippen LogP contribution in [0.2, 0.25) is 0 Å². The summed E-state index contributed by atoms with van der Waals surface area (Å²) in [6.07, 6.45) is 2.13. The van der Waals surface area contributed by atoms with Crippen molar-refractivity contribution in [3.63, 3.8) is 0 Å². The number of aryl methyl sites for hydroxylation is 1. The van der Waals surface area contributed by atoms with Gasteiger partial charge in [-0.3, -0.25) is 10.1 Å². The van der Waals surface area contributed by atoms with E-state index in [4.69, 9.17) is 4.74 Å². The topological polar surface area (TPSA) is 58.8 Å². The van der Waals surface area contributed by atoms with Crippen molar-refractivity contribution in [1.82, 2.24) is 9.80 Å². The summed E-state index contributed by atoms with van der Waals surface area (Å²) >= 11 is 0. The van der Waals surface area contributed by atoms with Gasteiger partial charge in [-0.15, -0.1) is 0 Å². The number of nitrogens with zero attached hydrogens (tertiary/aromatic N) is 3. The van der Waals surface area contributed by atoms with Gasteiger partial charge in [0, 0.05) is 37.8 Å². The summed E-state index contributed by atoms with van der Waals surface area (Å²) in [6.45, 7) is 11.6. The van der Waals surface area contributed by atoms with Gasteiger partial charge in [0.05, 0.1) is 11.5 Å². The molecule has 1 fully saturated rings. The molecular weight excluding hydrogens is 294 g/mol. The van der Waals surface area contributed by atoms with E-state index < -0.39 is 0 Å². The summed E-state index contributed by atoms with van der Waals surface area (Å²) in [7, 11) is 0. The standard InChI is InChI=1S/C17H27N3O3/c1-3-18-9-11-19(12-10-18)8-4-5-13-23-16-6-7-17(20(21)22)15(2)14-16/h6-7,14H,3-5,8-13H2,1-2H3. The van der Waals surface area contributed by atoms with Crippen LogP contribution in [0.15, 0.2) is 18.2 Å². The van der Waals surface area contributed by atoms with Gasteiger partial charge in [0.25, 0.3) is 5.69 Å². The number of unbranched alkanes of at least 4 members (excludes halogenated alkanes) is 1. The quantitative estimate of drug-likeness (QED) is 0.418. The SMILES string of the molecule is CCN1CCN(CCCCOc2ccc([N+](=O)[O-])c(C)c2)CC1. The first-order chi connectivity index (χ1) is 11.1. The number of benzene rings is 1. The van der Waals surface area contributed by atoms with Crippen molar-refractivity contribution in [2.75, 3.05) is 45.9 Å². The molecule has 1 saturated heterocycles. The van der Waals surface area contributed by atoms with Gasteiger partial charge in [-0.1, -0.05) is 6.92 Å². The molecule has 0 radical (unpaired) electrons. The second-order valence-corrected chi connectivity index (χ2v) is 6.04. The van der Waals surface area contributed by atoms with Crippen LogP contribution in [0, 0.1) is 17.0 Å². The predicted molar refractivity (Wildman–Crippen MR) is 91.1 cm³/mol. The Hall–Kier alpha value is -1.66. The molecular formula is C17H27N3O3. The fourth-order valence-electron chi connectivity index (χ4n) is 2.88. The fraction of sp³-hybridized carbons (Fsp3) is 0.647. The van der Waals surface area contributed by atoms with E-state index in [1.807, 2.05) is 0 Å². The van der Waals surface area contributed by atoms with Crippen molar-refractivity contribution >= 4 is 5.69 Å². The van der Waals surface area contributed by atoms with Crippen LogP contribution in [0.3, 0.4) is 0 Å². The molecule has 23 heavy (non-hydrogen) atoms. The number of ether oxygens (including phenoxy) is 1. The average molecular weight is 321 g/mol. The zero-order valence-corrected chi connectivity index (χ0v) is 14.2. The molecule has 0 N–H and O–H groups in total. The Kier molecular flexibility index (Phi) is 6.80. The van der Waals surface area contributed by atoms with E-state index in [9.17, 15) is 10.1 Å². The molecule has 2 rings (SSSR count). The summed E-state index contributed by atoms with van der Waals surface area (Å²) in [5, 5.41) is 10.8. The summed E-state index contributed by atoms with van der Waals surface area (Å²) in [5.41, 5.74) is 0.782. The third kappa shape index (κ3) is 5.48. The Morgan fingerprint density at radius 1 is 1.17 bits per heavy atom. The first-order valence-corrected chi connectivity index (χ1v) is 8.42. The fourth-order valence-corrected chi connectivity index (χ4v) is 2.88. The van der Waals surface area contributed by atoms with Crippen LogP contribution < -0.4 is 4.74 Å². The molecule has 0 atom stereocenters. The highest BCUT2D eigenvalue weighted by Crippen LogP contribution is 2.23. The van der Waals surface area contributed by atoms with Crippen molar-refractivity contribution in [2.45, 2.75) is 26.7 Å². The summed E-state index contributed by atoms with van der Waals surface area (Å²) in [6, 6.07) is 4.93. The van der Waals surface area contributed by atoms with Crippen LogP contribution in [0.4, 0.5) is 5.69 Å². The Balaban J connectivity index is 1.62. The number of likely N-dealkylation sites (N-methyl/N-ethyl adjacent to an activating group) is 1. The highest BCUT2D eigenvalue weighted by atomic mass is 16.6. The van der Waals surface area contributed by atoms with Gasteiger partial charge in [0.2, 0.25) is 0 Å². The first kappa shape index (κ1) is 17.7. The zero-order chi connectivity index (χ0) is 16.7. The third-order valence-corrected chi connectivity index (χ3v) is 4.41. The summed E-state index contributed by atoms with van der Waals surface area (Å²) < 4.78 is 5.70. The number of hydrogen-bond acceptors (Lipinski definition) is 5. The maximum Gasteiger partial charge on any atom is 0.272 e. The molecule has 6 nitrogen and oxygen atoms in total. The normalized spacial score (nSPS) is 16.4. The predicted octanol–water partition coefficient (Wildman–Crippen LogP) is 2.70. The Morgan fingerprint density at radius 2 is 1.87 bits per heavy atom. The van der Waals surface area contributed by atoms with Gasteiger partial charge in [-0.25, -0.2) is 0 Å². The van der Waals surface area contributed by atoms with Crippen molar-refractivity contribution < 1.29 is 9.66 Å². The second-order valence-electron chi connectivity index (χ2n) is 6.04. The monoisotopic (exact) mass is 321 g/mol. The van der Waals surface area contributed by atoms with E-state index in [0.717, 1.165) is 39.0 Å². The number of nitro benzene ring substituents is 1. The molecule has 1 aromatic rings. The maximum atomic E-state index is 10.8. The Morgan fingerprint density at radius 3 is 2.48 bits per heavy atom. The lowest BCUT2D eigenvalue weighted by Crippen LogP contribution is -2.46. The molecule has 1 aliphatic heterocycles. The van der Waals surface area contributed by atoms with Crippen molar-refractivity contribution in [3.05, 3.63) is 33.9 Å². The Bertz CT molecular complexity index is 514. The van der Waals surface area contributed by atoms with Gasteiger partial charge in [-0.2, -0.15) is 0 Å². The lowest BCUT2D eigenvalue weighted by atomic mass is 10.2. The number of hydrogen-bond donors (Lipinski definition) is 0. The number of rotatable bonds is 8. The largest absolute Gasteiger partial charge is 0.494 e. The first-order valence-electron chi connectivity index (χ1n) is 8.42. The second kappa shape index (κ2) is 8.84. The third-order valence-electron chi connectivity index (χ3n) is 4.41. The molecule has 0 aromatic heterocycles. The van der Waals surface area contributed by atoms with Gasteiger partial charge in [-0.05, 0) is 45.0 Å². The minimum Gasteiger partial charge on any atom is -0.494 e. The van der Waals surface area contributed by atoms with Crippen molar-refractivity contribution in [3.8, 4) is 5.75 Å². The van der Waals surface area contributed by atoms with Crippen molar-refractivity contribution in [2.24, 2.45) is 0 Å². The van der Waals surface area contributed by atoms with E-state index in [1.165, 1.54) is 19.2 Å². The molecule has 128 valence electrons. The smallest absolute Gasteiger partial charge is 0.272 e. The van der Waals surface area contributed by atoms with Gasteiger partial charge < -0.3 is 14.5 Å². The molecule has 6 heteroatoms. The van der Waals surface area contributed by atoms with Gasteiger partial charge >= 0.3 is 0 Å². The molecule has 1 heterocycles. The highest BCUT2D eigenvalue weighted by molar-refractivity contribution is 5.44. The molecule has 0 amide bonds. The van der Waals surface area contributed by atoms with E-state index in [1.54, 1.807) is 19.1 Å². The minimum atomic E-state index is -0.364. The molecule has 1 aliphatic rings. The minimum absolute atomic E-state index is 0.142. The van der Waals surface area contributed by atoms with Crippen LogP contribution in [0.1, 0.15) is 25.3 Å². The summed E-state index contributed by atoms with van der Waals surface area (Å²) in [5.74, 6) is 0.713. The molecule has 0 bridgehead atoms. The molecule has 0 saturated carbocycles. The van der Waals surface area contributed by atoms with E-state index >= 15 is 0 Å².